The molecular weight excluding hydrogens is 544 g/mol. The molecule has 0 saturated carbocycles. The largest absolute Gasteiger partial charge is 0.462 e. The zero-order chi connectivity index (χ0) is 32.2. The van der Waals surface area contributed by atoms with E-state index in [1.54, 1.807) is 22.9 Å². The average Bonchev–Trinajstić information content (AvgIpc) is 3.53. The van der Waals surface area contributed by atoms with Crippen molar-refractivity contribution in [3.8, 4) is 0 Å². The fourth-order valence-corrected chi connectivity index (χ4v) is 4.78. The van der Waals surface area contributed by atoms with E-state index in [1.165, 1.54) is 13.8 Å². The first-order chi connectivity index (χ1) is 19.8. The zero-order valence-electron chi connectivity index (χ0n) is 26.9. The van der Waals surface area contributed by atoms with Gasteiger partial charge in [-0.2, -0.15) is 0 Å². The highest BCUT2D eigenvalue weighted by Gasteiger charge is 2.29. The third kappa shape index (κ3) is 17.5. The third-order valence-electron chi connectivity index (χ3n) is 6.85. The minimum Gasteiger partial charge on any atom is -0.462 e. The Morgan fingerprint density at radius 3 is 1.74 bits per heavy atom. The summed E-state index contributed by atoms with van der Waals surface area (Å²) in [4.78, 5) is 47.4. The summed E-state index contributed by atoms with van der Waals surface area (Å²) in [7, 11) is 0. The highest BCUT2D eigenvalue weighted by molar-refractivity contribution is 5.79. The predicted octanol–water partition coefficient (Wildman–Crippen LogP) is 4.08. The van der Waals surface area contributed by atoms with Crippen LogP contribution >= 0.6 is 0 Å². The number of nitrogens with zero attached hydrogens (tertiary/aromatic N) is 2. The molecule has 2 aliphatic rings. The van der Waals surface area contributed by atoms with E-state index in [0.29, 0.717) is 38.5 Å². The Morgan fingerprint density at radius 1 is 0.857 bits per heavy atom. The normalized spacial score (nSPS) is 18.9. The zero-order valence-corrected chi connectivity index (χ0v) is 26.9. The molecule has 244 valence electrons. The number of rotatable bonds is 15. The first-order valence-electron chi connectivity index (χ1n) is 15.3. The molecule has 0 bridgehead atoms. The summed E-state index contributed by atoms with van der Waals surface area (Å²) in [6.07, 6.45) is 6.52. The fourth-order valence-electron chi connectivity index (χ4n) is 4.78. The van der Waals surface area contributed by atoms with Gasteiger partial charge >= 0.3 is 11.9 Å². The third-order valence-corrected chi connectivity index (χ3v) is 6.85. The summed E-state index contributed by atoms with van der Waals surface area (Å²) in [5.41, 5.74) is 0. The molecule has 0 aliphatic carbocycles. The Labute approximate surface area is 252 Å². The van der Waals surface area contributed by atoms with Gasteiger partial charge in [-0.1, -0.05) is 27.4 Å². The second kappa shape index (κ2) is 22.1. The van der Waals surface area contributed by atoms with Crippen molar-refractivity contribution in [2.45, 2.75) is 149 Å². The van der Waals surface area contributed by atoms with Crippen molar-refractivity contribution in [2.75, 3.05) is 13.1 Å². The van der Waals surface area contributed by atoms with E-state index in [2.05, 4.69) is 6.58 Å². The number of hydrogen-bond donors (Lipinski definition) is 2. The van der Waals surface area contributed by atoms with Crippen LogP contribution in [0.1, 0.15) is 113 Å². The summed E-state index contributed by atoms with van der Waals surface area (Å²) >= 11 is 0. The van der Waals surface area contributed by atoms with E-state index in [0.717, 1.165) is 38.8 Å². The number of esters is 2. The maximum Gasteiger partial charge on any atom is 0.302 e. The van der Waals surface area contributed by atoms with Crippen LogP contribution in [0.3, 0.4) is 0 Å². The number of carbonyl (C=O) groups is 4. The lowest BCUT2D eigenvalue weighted by Crippen LogP contribution is -2.40. The van der Waals surface area contributed by atoms with Crippen LogP contribution in [0.5, 0.6) is 0 Å². The summed E-state index contributed by atoms with van der Waals surface area (Å²) in [5, 5.41) is 19.2. The van der Waals surface area contributed by atoms with Crippen LogP contribution in [0.25, 0.3) is 0 Å². The van der Waals surface area contributed by atoms with Crippen LogP contribution in [0.15, 0.2) is 12.8 Å². The Kier molecular flexibility index (Phi) is 20.8. The topological polar surface area (TPSA) is 143 Å². The highest BCUT2D eigenvalue weighted by Crippen LogP contribution is 2.20. The average molecular weight is 601 g/mol. The van der Waals surface area contributed by atoms with Gasteiger partial charge in [0, 0.05) is 52.6 Å². The minimum atomic E-state index is -0.596. The molecule has 6 unspecified atom stereocenters. The standard InChI is InChI=1S/C17H31NO5.C8H16O3.C6H9NO/c1-5-15(23-13(4)19)11-14(20)10-12(3)22-17(6-2)18-9-7-8-16(18)21;1-4-8(5-6(2)9)11-7(3)10;1-2-7-5-3-4-6(7)8/h12,14-15,17,20H,5-11H2,1-4H3;6,8-9H,4-5H2,1-3H3;2H,1,3-5H2. The lowest BCUT2D eigenvalue weighted by Gasteiger charge is -2.30. The monoisotopic (exact) mass is 600 g/mol. The molecule has 11 nitrogen and oxygen atoms in total. The number of aliphatic hydroxyl groups excluding tert-OH is 2. The van der Waals surface area contributed by atoms with Crippen LogP contribution in [-0.4, -0.2) is 93.6 Å². The van der Waals surface area contributed by atoms with Gasteiger partial charge in [0.25, 0.3) is 0 Å². The summed E-state index contributed by atoms with van der Waals surface area (Å²) < 4.78 is 16.0. The number of hydrogen-bond acceptors (Lipinski definition) is 9. The molecule has 0 radical (unpaired) electrons. The Morgan fingerprint density at radius 2 is 1.38 bits per heavy atom. The summed E-state index contributed by atoms with van der Waals surface area (Å²) in [5.74, 6) is -0.255. The second-order valence-electron chi connectivity index (χ2n) is 10.9. The van der Waals surface area contributed by atoms with E-state index in [4.69, 9.17) is 19.3 Å². The van der Waals surface area contributed by atoms with E-state index < -0.39 is 12.2 Å². The summed E-state index contributed by atoms with van der Waals surface area (Å²) in [6, 6.07) is 0. The molecule has 0 aromatic carbocycles. The number of ether oxygens (including phenoxy) is 3. The van der Waals surface area contributed by atoms with Gasteiger partial charge in [-0.05, 0) is 58.6 Å². The van der Waals surface area contributed by atoms with E-state index in [1.807, 2.05) is 27.7 Å². The van der Waals surface area contributed by atoms with Gasteiger partial charge in [0.1, 0.15) is 18.4 Å². The molecule has 42 heavy (non-hydrogen) atoms. The number of amides is 2. The molecule has 0 aromatic heterocycles. The van der Waals surface area contributed by atoms with Crippen molar-refractivity contribution < 1.29 is 43.6 Å². The highest BCUT2D eigenvalue weighted by atomic mass is 16.5. The quantitative estimate of drug-likeness (QED) is 0.266. The molecule has 2 saturated heterocycles. The minimum absolute atomic E-state index is 0.132. The Hall–Kier alpha value is -2.50. The van der Waals surface area contributed by atoms with Crippen molar-refractivity contribution in [2.24, 2.45) is 0 Å². The molecule has 0 aromatic rings. The van der Waals surface area contributed by atoms with Crippen molar-refractivity contribution in [3.63, 3.8) is 0 Å². The molecule has 2 amide bonds. The Balaban J connectivity index is 0.000000725. The van der Waals surface area contributed by atoms with Crippen LogP contribution in [-0.2, 0) is 33.4 Å². The second-order valence-corrected chi connectivity index (χ2v) is 10.9. The molecular formula is C31H56N2O9. The maximum absolute atomic E-state index is 11.8. The molecule has 2 N–H and O–H groups in total. The molecule has 11 heteroatoms. The first-order valence-corrected chi connectivity index (χ1v) is 15.3. The number of likely N-dealkylation sites (tertiary alicyclic amines) is 2. The molecule has 0 spiro atoms. The van der Waals surface area contributed by atoms with Crippen LogP contribution in [0.2, 0.25) is 0 Å². The van der Waals surface area contributed by atoms with Gasteiger partial charge < -0.3 is 34.2 Å². The SMILES string of the molecule is C=CN1CCCC1=O.CCC(CC(C)O)OC(C)=O.CCC(CC(O)CC(C)OC(CC)N1CCCC1=O)OC(C)=O. The molecule has 2 rings (SSSR count). The van der Waals surface area contributed by atoms with Crippen molar-refractivity contribution in [1.82, 2.24) is 9.80 Å². The van der Waals surface area contributed by atoms with Gasteiger partial charge in [0.2, 0.25) is 11.8 Å². The lowest BCUT2D eigenvalue weighted by atomic mass is 10.0. The Bertz CT molecular complexity index is 820. The molecule has 2 fully saturated rings. The van der Waals surface area contributed by atoms with Gasteiger partial charge in [-0.25, -0.2) is 0 Å². The van der Waals surface area contributed by atoms with Gasteiger partial charge in [0.05, 0.1) is 18.3 Å². The molecule has 2 heterocycles. The fraction of sp³-hybridized carbons (Fsp3) is 0.806. The van der Waals surface area contributed by atoms with Gasteiger partial charge in [-0.15, -0.1) is 0 Å². The van der Waals surface area contributed by atoms with E-state index >= 15 is 0 Å². The summed E-state index contributed by atoms with van der Waals surface area (Å²) in [6.45, 7) is 17.3. The van der Waals surface area contributed by atoms with E-state index in [-0.39, 0.29) is 48.3 Å². The van der Waals surface area contributed by atoms with Gasteiger partial charge in [-0.3, -0.25) is 19.2 Å². The number of carbonyl (C=O) groups excluding carboxylic acids is 4. The van der Waals surface area contributed by atoms with Crippen molar-refractivity contribution in [1.29, 1.82) is 0 Å². The predicted molar refractivity (Wildman–Crippen MR) is 160 cm³/mol. The molecule has 2 aliphatic heterocycles. The first kappa shape index (κ1) is 39.5. The van der Waals surface area contributed by atoms with Crippen molar-refractivity contribution >= 4 is 23.8 Å². The van der Waals surface area contributed by atoms with Crippen LogP contribution in [0.4, 0.5) is 0 Å². The molecule has 6 atom stereocenters. The van der Waals surface area contributed by atoms with E-state index in [9.17, 15) is 24.3 Å². The smallest absolute Gasteiger partial charge is 0.302 e. The van der Waals surface area contributed by atoms with Crippen LogP contribution in [0, 0.1) is 0 Å². The lowest BCUT2D eigenvalue weighted by molar-refractivity contribution is -0.150. The maximum atomic E-state index is 11.8. The van der Waals surface area contributed by atoms with Crippen LogP contribution < -0.4 is 0 Å². The number of aliphatic hydroxyl groups is 2. The van der Waals surface area contributed by atoms with Gasteiger partial charge in [0.15, 0.2) is 0 Å². The van der Waals surface area contributed by atoms with Crippen molar-refractivity contribution in [3.05, 3.63) is 12.8 Å².